The summed E-state index contributed by atoms with van der Waals surface area (Å²) in [5.74, 6) is 1.76. The van der Waals surface area contributed by atoms with Crippen LogP contribution in [0.15, 0.2) is 34.8 Å². The van der Waals surface area contributed by atoms with E-state index in [2.05, 4.69) is 17.5 Å². The summed E-state index contributed by atoms with van der Waals surface area (Å²) in [4.78, 5) is 0. The SMILES string of the molecule is COC1=C(OC)CC=C2CCNCC2=C1. The van der Waals surface area contributed by atoms with Crippen molar-refractivity contribution in [3.8, 4) is 0 Å². The highest BCUT2D eigenvalue weighted by Gasteiger charge is 2.17. The lowest BCUT2D eigenvalue weighted by Gasteiger charge is -2.18. The average Bonchev–Trinajstić information content (AvgIpc) is 2.47. The smallest absolute Gasteiger partial charge is 0.157 e. The molecule has 3 nitrogen and oxygen atoms in total. The standard InChI is InChI=1S/C12H17NO2/c1-14-11-4-3-9-5-6-13-8-10(9)7-12(11)15-2/h3,7,13H,4-6,8H2,1-2H3. The molecule has 1 aliphatic heterocycles. The van der Waals surface area contributed by atoms with Crippen LogP contribution < -0.4 is 5.32 Å². The third-order valence-electron chi connectivity index (χ3n) is 2.88. The Bertz CT molecular complexity index is 340. The van der Waals surface area contributed by atoms with Gasteiger partial charge in [-0.2, -0.15) is 0 Å². The molecule has 0 spiro atoms. The maximum atomic E-state index is 5.34. The zero-order chi connectivity index (χ0) is 10.7. The minimum absolute atomic E-state index is 0.828. The van der Waals surface area contributed by atoms with Crippen molar-refractivity contribution in [2.24, 2.45) is 0 Å². The van der Waals surface area contributed by atoms with E-state index in [1.807, 2.05) is 0 Å². The van der Waals surface area contributed by atoms with Gasteiger partial charge in [-0.15, -0.1) is 0 Å². The van der Waals surface area contributed by atoms with Gasteiger partial charge < -0.3 is 14.8 Å². The number of fused-ring (bicyclic) bond motifs is 1. The second-order valence-electron chi connectivity index (χ2n) is 3.73. The third-order valence-corrected chi connectivity index (χ3v) is 2.88. The summed E-state index contributed by atoms with van der Waals surface area (Å²) in [6.07, 6.45) is 6.26. The molecule has 0 aromatic carbocycles. The van der Waals surface area contributed by atoms with Crippen LogP contribution >= 0.6 is 0 Å². The Kier molecular flexibility index (Phi) is 3.11. The molecule has 0 aromatic rings. The lowest BCUT2D eigenvalue weighted by atomic mass is 9.99. The van der Waals surface area contributed by atoms with Gasteiger partial charge in [0.05, 0.1) is 14.2 Å². The van der Waals surface area contributed by atoms with E-state index >= 15 is 0 Å². The van der Waals surface area contributed by atoms with Crippen LogP contribution in [-0.2, 0) is 9.47 Å². The highest BCUT2D eigenvalue weighted by molar-refractivity contribution is 5.42. The Balaban J connectivity index is 2.32. The molecule has 2 rings (SSSR count). The van der Waals surface area contributed by atoms with Gasteiger partial charge in [-0.25, -0.2) is 0 Å². The van der Waals surface area contributed by atoms with Gasteiger partial charge in [-0.05, 0) is 30.2 Å². The van der Waals surface area contributed by atoms with Crippen LogP contribution in [0.1, 0.15) is 12.8 Å². The van der Waals surface area contributed by atoms with Crippen LogP contribution in [0.3, 0.4) is 0 Å². The van der Waals surface area contributed by atoms with Crippen molar-refractivity contribution >= 4 is 0 Å². The fraction of sp³-hybridized carbons (Fsp3) is 0.500. The minimum Gasteiger partial charge on any atom is -0.497 e. The van der Waals surface area contributed by atoms with Crippen LogP contribution in [0, 0.1) is 0 Å². The Labute approximate surface area is 90.5 Å². The first-order chi connectivity index (χ1) is 7.35. The van der Waals surface area contributed by atoms with Crippen LogP contribution in [0.4, 0.5) is 0 Å². The number of hydrogen-bond acceptors (Lipinski definition) is 3. The van der Waals surface area contributed by atoms with Crippen molar-refractivity contribution in [1.29, 1.82) is 0 Å². The maximum Gasteiger partial charge on any atom is 0.157 e. The van der Waals surface area contributed by atoms with Crippen molar-refractivity contribution in [2.75, 3.05) is 27.3 Å². The molecule has 1 heterocycles. The quantitative estimate of drug-likeness (QED) is 0.748. The second kappa shape index (κ2) is 4.53. The van der Waals surface area contributed by atoms with Crippen molar-refractivity contribution < 1.29 is 9.47 Å². The highest BCUT2D eigenvalue weighted by atomic mass is 16.5. The fourth-order valence-electron chi connectivity index (χ4n) is 2.01. The van der Waals surface area contributed by atoms with Crippen LogP contribution in [0.2, 0.25) is 0 Å². The summed E-state index contributed by atoms with van der Waals surface area (Å²) in [6.45, 7) is 1.99. The van der Waals surface area contributed by atoms with Crippen molar-refractivity contribution in [1.82, 2.24) is 5.32 Å². The molecule has 0 radical (unpaired) electrons. The van der Waals surface area contributed by atoms with Crippen LogP contribution in [0.25, 0.3) is 0 Å². The molecule has 0 atom stereocenters. The van der Waals surface area contributed by atoms with E-state index in [0.29, 0.717) is 0 Å². The van der Waals surface area contributed by atoms with Gasteiger partial charge in [0.2, 0.25) is 0 Å². The normalized spacial score (nSPS) is 21.2. The topological polar surface area (TPSA) is 30.5 Å². The fourth-order valence-corrected chi connectivity index (χ4v) is 2.01. The predicted molar refractivity (Wildman–Crippen MR) is 59.3 cm³/mol. The summed E-state index contributed by atoms with van der Waals surface area (Å²) in [7, 11) is 3.38. The van der Waals surface area contributed by atoms with Gasteiger partial charge in [0.1, 0.15) is 5.76 Å². The number of nitrogens with one attached hydrogen (secondary N) is 1. The average molecular weight is 207 g/mol. The zero-order valence-corrected chi connectivity index (χ0v) is 9.30. The van der Waals surface area contributed by atoms with E-state index in [1.165, 1.54) is 11.1 Å². The highest BCUT2D eigenvalue weighted by Crippen LogP contribution is 2.26. The molecule has 2 aliphatic rings. The summed E-state index contributed by atoms with van der Waals surface area (Å²) >= 11 is 0. The van der Waals surface area contributed by atoms with Crippen molar-refractivity contribution in [3.63, 3.8) is 0 Å². The van der Waals surface area contributed by atoms with Crippen LogP contribution in [0.5, 0.6) is 0 Å². The van der Waals surface area contributed by atoms with Crippen LogP contribution in [-0.4, -0.2) is 27.3 Å². The van der Waals surface area contributed by atoms with Gasteiger partial charge in [0.25, 0.3) is 0 Å². The Hall–Kier alpha value is -1.22. The van der Waals surface area contributed by atoms with Gasteiger partial charge in [0.15, 0.2) is 5.76 Å². The maximum absolute atomic E-state index is 5.34. The molecule has 0 saturated carbocycles. The summed E-state index contributed by atoms with van der Waals surface area (Å²) in [5, 5.41) is 3.36. The summed E-state index contributed by atoms with van der Waals surface area (Å²) in [6, 6.07) is 0. The number of piperidine rings is 1. The van der Waals surface area contributed by atoms with Gasteiger partial charge >= 0.3 is 0 Å². The van der Waals surface area contributed by atoms with E-state index < -0.39 is 0 Å². The molecule has 0 unspecified atom stereocenters. The minimum atomic E-state index is 0.828. The first-order valence-corrected chi connectivity index (χ1v) is 5.27. The number of hydrogen-bond donors (Lipinski definition) is 1. The monoisotopic (exact) mass is 207 g/mol. The molecule has 1 N–H and O–H groups in total. The Morgan fingerprint density at radius 3 is 2.80 bits per heavy atom. The van der Waals surface area contributed by atoms with E-state index in [0.717, 1.165) is 37.4 Å². The molecule has 1 fully saturated rings. The molecule has 15 heavy (non-hydrogen) atoms. The number of allylic oxidation sites excluding steroid dienone is 2. The molecule has 0 aromatic heterocycles. The Morgan fingerprint density at radius 2 is 2.07 bits per heavy atom. The second-order valence-corrected chi connectivity index (χ2v) is 3.73. The zero-order valence-electron chi connectivity index (χ0n) is 9.30. The number of methoxy groups -OCH3 is 2. The lowest BCUT2D eigenvalue weighted by molar-refractivity contribution is 0.227. The molecular formula is C12H17NO2. The van der Waals surface area contributed by atoms with Gasteiger partial charge in [-0.1, -0.05) is 6.08 Å². The van der Waals surface area contributed by atoms with E-state index in [1.54, 1.807) is 14.2 Å². The summed E-state index contributed by atoms with van der Waals surface area (Å²) < 4.78 is 10.7. The molecule has 3 heteroatoms. The number of rotatable bonds is 2. The Morgan fingerprint density at radius 1 is 1.20 bits per heavy atom. The summed E-state index contributed by atoms with van der Waals surface area (Å²) in [5.41, 5.74) is 2.75. The van der Waals surface area contributed by atoms with Gasteiger partial charge in [-0.3, -0.25) is 0 Å². The van der Waals surface area contributed by atoms with Gasteiger partial charge in [0, 0.05) is 13.0 Å². The number of ether oxygens (including phenoxy) is 2. The third kappa shape index (κ3) is 2.07. The molecule has 0 amide bonds. The largest absolute Gasteiger partial charge is 0.497 e. The molecule has 82 valence electrons. The van der Waals surface area contributed by atoms with E-state index in [9.17, 15) is 0 Å². The first-order valence-electron chi connectivity index (χ1n) is 5.27. The lowest BCUT2D eigenvalue weighted by Crippen LogP contribution is -2.25. The molecule has 0 bridgehead atoms. The van der Waals surface area contributed by atoms with E-state index in [4.69, 9.17) is 9.47 Å². The molecular weight excluding hydrogens is 190 g/mol. The predicted octanol–water partition coefficient (Wildman–Crippen LogP) is 1.74. The van der Waals surface area contributed by atoms with Crippen molar-refractivity contribution in [3.05, 3.63) is 34.8 Å². The van der Waals surface area contributed by atoms with Crippen molar-refractivity contribution in [2.45, 2.75) is 12.8 Å². The molecule has 1 saturated heterocycles. The van der Waals surface area contributed by atoms with E-state index in [-0.39, 0.29) is 0 Å². The molecule has 1 aliphatic carbocycles. The first kappa shape index (κ1) is 10.3.